The van der Waals surface area contributed by atoms with Crippen LogP contribution in [0.15, 0.2) is 42.5 Å². The lowest BCUT2D eigenvalue weighted by atomic mass is 10.2. The Morgan fingerprint density at radius 2 is 1.60 bits per heavy atom. The van der Waals surface area contributed by atoms with Crippen LogP contribution < -0.4 is 5.32 Å². The molecular weight excluding hydrogens is 397 g/mol. The lowest BCUT2D eigenvalue weighted by Crippen LogP contribution is -2.49. The van der Waals surface area contributed by atoms with Gasteiger partial charge >= 0.3 is 0 Å². The molecule has 2 aromatic carbocycles. The van der Waals surface area contributed by atoms with Crippen molar-refractivity contribution in [2.75, 3.05) is 31.5 Å². The van der Waals surface area contributed by atoms with Gasteiger partial charge in [-0.3, -0.25) is 4.90 Å². The molecule has 0 radical (unpaired) electrons. The Hall–Kier alpha value is -1.04. The van der Waals surface area contributed by atoms with Crippen molar-refractivity contribution in [3.8, 4) is 0 Å². The molecule has 25 heavy (non-hydrogen) atoms. The van der Waals surface area contributed by atoms with E-state index >= 15 is 0 Å². The van der Waals surface area contributed by atoms with Crippen LogP contribution in [0.5, 0.6) is 0 Å². The van der Waals surface area contributed by atoms with Gasteiger partial charge in [-0.05, 0) is 54.2 Å². The van der Waals surface area contributed by atoms with Gasteiger partial charge in [0.25, 0.3) is 0 Å². The van der Waals surface area contributed by atoms with Crippen molar-refractivity contribution in [3.05, 3.63) is 63.1 Å². The SMILES string of the molecule is S=C(Nc1ccc(Cl)cc1)N1CCN(Cc2ccc(Cl)c(Cl)c2)CC1. The van der Waals surface area contributed by atoms with Gasteiger partial charge in [0.2, 0.25) is 0 Å². The van der Waals surface area contributed by atoms with Crippen LogP contribution >= 0.6 is 47.0 Å². The summed E-state index contributed by atoms with van der Waals surface area (Å²) in [7, 11) is 0. The maximum atomic E-state index is 6.09. The van der Waals surface area contributed by atoms with Crippen LogP contribution in [0.2, 0.25) is 15.1 Å². The highest BCUT2D eigenvalue weighted by Crippen LogP contribution is 2.23. The molecule has 1 heterocycles. The second-order valence-electron chi connectivity index (χ2n) is 5.95. The standard InChI is InChI=1S/C18H18Cl3N3S/c19-14-2-4-15(5-3-14)22-18(25)24-9-7-23(8-10-24)12-13-1-6-16(20)17(21)11-13/h1-6,11H,7-10,12H2,(H,22,25). The van der Waals surface area contributed by atoms with Crippen molar-refractivity contribution in [1.29, 1.82) is 0 Å². The van der Waals surface area contributed by atoms with Crippen LogP contribution in [0.1, 0.15) is 5.56 Å². The maximum Gasteiger partial charge on any atom is 0.173 e. The van der Waals surface area contributed by atoms with E-state index in [-0.39, 0.29) is 0 Å². The highest BCUT2D eigenvalue weighted by atomic mass is 35.5. The Labute approximate surface area is 168 Å². The first-order valence-corrected chi connectivity index (χ1v) is 9.53. The zero-order chi connectivity index (χ0) is 17.8. The number of anilines is 1. The molecule has 0 unspecified atom stereocenters. The van der Waals surface area contributed by atoms with Crippen molar-refractivity contribution >= 4 is 57.8 Å². The monoisotopic (exact) mass is 413 g/mol. The Balaban J connectivity index is 1.50. The molecule has 1 fully saturated rings. The summed E-state index contributed by atoms with van der Waals surface area (Å²) in [5.41, 5.74) is 2.12. The molecule has 0 spiro atoms. The number of thiocarbonyl (C=S) groups is 1. The predicted molar refractivity (Wildman–Crippen MR) is 111 cm³/mol. The number of hydrogen-bond acceptors (Lipinski definition) is 2. The fourth-order valence-corrected chi connectivity index (χ4v) is 3.49. The summed E-state index contributed by atoms with van der Waals surface area (Å²) >= 11 is 23.5. The van der Waals surface area contributed by atoms with E-state index in [0.717, 1.165) is 43.5 Å². The topological polar surface area (TPSA) is 18.5 Å². The quantitative estimate of drug-likeness (QED) is 0.699. The number of benzene rings is 2. The number of piperazine rings is 1. The Bertz CT molecular complexity index is 744. The summed E-state index contributed by atoms with van der Waals surface area (Å²) in [4.78, 5) is 4.58. The van der Waals surface area contributed by atoms with Gasteiger partial charge in [-0.15, -0.1) is 0 Å². The van der Waals surface area contributed by atoms with Crippen LogP contribution in [-0.2, 0) is 6.54 Å². The first-order valence-electron chi connectivity index (χ1n) is 7.99. The average Bonchev–Trinajstić information content (AvgIpc) is 2.61. The second kappa shape index (κ2) is 8.56. The lowest BCUT2D eigenvalue weighted by Gasteiger charge is -2.36. The van der Waals surface area contributed by atoms with E-state index in [4.69, 9.17) is 47.0 Å². The first kappa shape index (κ1) is 18.7. The molecular formula is C18H18Cl3N3S. The molecule has 0 bridgehead atoms. The summed E-state index contributed by atoms with van der Waals surface area (Å²) in [6, 6.07) is 13.4. The molecule has 0 aliphatic carbocycles. The summed E-state index contributed by atoms with van der Waals surface area (Å²) in [6.07, 6.45) is 0. The Morgan fingerprint density at radius 1 is 0.920 bits per heavy atom. The van der Waals surface area contributed by atoms with E-state index in [0.29, 0.717) is 15.1 Å². The molecule has 132 valence electrons. The van der Waals surface area contributed by atoms with Crippen LogP contribution in [-0.4, -0.2) is 41.1 Å². The van der Waals surface area contributed by atoms with Crippen molar-refractivity contribution in [1.82, 2.24) is 9.80 Å². The molecule has 7 heteroatoms. The van der Waals surface area contributed by atoms with E-state index < -0.39 is 0 Å². The summed E-state index contributed by atoms with van der Waals surface area (Å²) < 4.78 is 0. The van der Waals surface area contributed by atoms with Crippen LogP contribution in [0.25, 0.3) is 0 Å². The van der Waals surface area contributed by atoms with Crippen molar-refractivity contribution < 1.29 is 0 Å². The van der Waals surface area contributed by atoms with E-state index in [9.17, 15) is 0 Å². The highest BCUT2D eigenvalue weighted by Gasteiger charge is 2.19. The van der Waals surface area contributed by atoms with Gasteiger partial charge in [-0.25, -0.2) is 0 Å². The van der Waals surface area contributed by atoms with E-state index in [2.05, 4.69) is 15.1 Å². The van der Waals surface area contributed by atoms with E-state index in [1.807, 2.05) is 42.5 Å². The largest absolute Gasteiger partial charge is 0.346 e. The van der Waals surface area contributed by atoms with Gasteiger partial charge in [-0.2, -0.15) is 0 Å². The molecule has 3 nitrogen and oxygen atoms in total. The molecule has 1 aliphatic heterocycles. The number of rotatable bonds is 3. The summed E-state index contributed by atoms with van der Waals surface area (Å²) in [5, 5.41) is 5.92. The van der Waals surface area contributed by atoms with Gasteiger partial charge in [0.05, 0.1) is 10.0 Å². The van der Waals surface area contributed by atoms with Crippen LogP contribution in [0, 0.1) is 0 Å². The predicted octanol–water partition coefficient (Wildman–Crippen LogP) is 5.16. The number of nitrogens with one attached hydrogen (secondary N) is 1. The number of nitrogens with zero attached hydrogens (tertiary/aromatic N) is 2. The number of hydrogen-bond donors (Lipinski definition) is 1. The molecule has 3 rings (SSSR count). The Kier molecular flexibility index (Phi) is 6.42. The zero-order valence-corrected chi connectivity index (χ0v) is 16.6. The fourth-order valence-electron chi connectivity index (χ4n) is 2.74. The minimum absolute atomic E-state index is 0.592. The third kappa shape index (κ3) is 5.22. The summed E-state index contributed by atoms with van der Waals surface area (Å²) in [6.45, 7) is 4.54. The van der Waals surface area contributed by atoms with Gasteiger partial charge in [-0.1, -0.05) is 40.9 Å². The number of halogens is 3. The normalized spacial score (nSPS) is 15.2. The molecule has 1 aliphatic rings. The zero-order valence-electron chi connectivity index (χ0n) is 13.5. The maximum absolute atomic E-state index is 6.09. The third-order valence-electron chi connectivity index (χ3n) is 4.15. The molecule has 1 saturated heterocycles. The molecule has 1 N–H and O–H groups in total. The lowest BCUT2D eigenvalue weighted by molar-refractivity contribution is 0.177. The van der Waals surface area contributed by atoms with Gasteiger partial charge in [0.1, 0.15) is 0 Å². The minimum Gasteiger partial charge on any atom is -0.346 e. The van der Waals surface area contributed by atoms with Gasteiger partial charge in [0, 0.05) is 43.4 Å². The van der Waals surface area contributed by atoms with Gasteiger partial charge in [0.15, 0.2) is 5.11 Å². The van der Waals surface area contributed by atoms with Crippen LogP contribution in [0.4, 0.5) is 5.69 Å². The third-order valence-corrected chi connectivity index (χ3v) is 5.50. The second-order valence-corrected chi connectivity index (χ2v) is 7.59. The smallest absolute Gasteiger partial charge is 0.173 e. The van der Waals surface area contributed by atoms with Crippen LogP contribution in [0.3, 0.4) is 0 Å². The molecule has 0 saturated carbocycles. The van der Waals surface area contributed by atoms with E-state index in [1.165, 1.54) is 5.56 Å². The molecule has 0 aromatic heterocycles. The molecule has 0 atom stereocenters. The highest BCUT2D eigenvalue weighted by molar-refractivity contribution is 7.80. The molecule has 2 aromatic rings. The summed E-state index contributed by atoms with van der Waals surface area (Å²) in [5.74, 6) is 0. The van der Waals surface area contributed by atoms with Gasteiger partial charge < -0.3 is 10.2 Å². The fraction of sp³-hybridized carbons (Fsp3) is 0.278. The molecule has 0 amide bonds. The Morgan fingerprint density at radius 3 is 2.24 bits per heavy atom. The average molecular weight is 415 g/mol. The van der Waals surface area contributed by atoms with Crippen molar-refractivity contribution in [2.24, 2.45) is 0 Å². The van der Waals surface area contributed by atoms with Crippen molar-refractivity contribution in [2.45, 2.75) is 6.54 Å². The van der Waals surface area contributed by atoms with Crippen molar-refractivity contribution in [3.63, 3.8) is 0 Å². The first-order chi connectivity index (χ1) is 12.0. The minimum atomic E-state index is 0.592. The van der Waals surface area contributed by atoms with E-state index in [1.54, 1.807) is 0 Å².